The number of hydrogen-bond donors (Lipinski definition) is 1. The van der Waals surface area contributed by atoms with Crippen molar-refractivity contribution < 1.29 is 9.53 Å². The summed E-state index contributed by atoms with van der Waals surface area (Å²) in [6.07, 6.45) is 0.324. The van der Waals surface area contributed by atoms with Crippen LogP contribution in [0, 0.1) is 0 Å². The molecule has 0 radical (unpaired) electrons. The SMILES string of the molecule is CCOc1ccc(C(N)CC(C)=O)cc1Cl. The smallest absolute Gasteiger partial charge is 0.137 e. The monoisotopic (exact) mass is 241 g/mol. The molecule has 1 unspecified atom stereocenters. The summed E-state index contributed by atoms with van der Waals surface area (Å²) in [5.74, 6) is 0.709. The third-order valence-corrected chi connectivity index (χ3v) is 2.49. The van der Waals surface area contributed by atoms with Gasteiger partial charge in [0.1, 0.15) is 11.5 Å². The van der Waals surface area contributed by atoms with Crippen molar-refractivity contribution in [1.82, 2.24) is 0 Å². The summed E-state index contributed by atoms with van der Waals surface area (Å²) < 4.78 is 5.31. The minimum atomic E-state index is -0.300. The molecule has 3 nitrogen and oxygen atoms in total. The number of carbonyl (C=O) groups excluding carboxylic acids is 1. The van der Waals surface area contributed by atoms with E-state index in [4.69, 9.17) is 22.1 Å². The van der Waals surface area contributed by atoms with Gasteiger partial charge in [0.25, 0.3) is 0 Å². The second-order valence-corrected chi connectivity index (χ2v) is 4.04. The quantitative estimate of drug-likeness (QED) is 0.863. The number of hydrogen-bond acceptors (Lipinski definition) is 3. The predicted molar refractivity (Wildman–Crippen MR) is 64.8 cm³/mol. The minimum Gasteiger partial charge on any atom is -0.492 e. The molecule has 0 spiro atoms. The molecule has 0 aromatic heterocycles. The molecule has 0 saturated heterocycles. The van der Waals surface area contributed by atoms with Crippen molar-refractivity contribution >= 4 is 17.4 Å². The van der Waals surface area contributed by atoms with E-state index in [1.54, 1.807) is 12.1 Å². The zero-order chi connectivity index (χ0) is 12.1. The number of ether oxygens (including phenoxy) is 1. The van der Waals surface area contributed by atoms with E-state index in [2.05, 4.69) is 0 Å². The number of Topliss-reactive ketones (excluding diaryl/α,β-unsaturated/α-hetero) is 1. The Balaban J connectivity index is 2.83. The molecule has 16 heavy (non-hydrogen) atoms. The first kappa shape index (κ1) is 13.0. The van der Waals surface area contributed by atoms with Gasteiger partial charge in [0, 0.05) is 12.5 Å². The van der Waals surface area contributed by atoms with Crippen LogP contribution in [-0.2, 0) is 4.79 Å². The second-order valence-electron chi connectivity index (χ2n) is 3.64. The Morgan fingerprint density at radius 3 is 2.75 bits per heavy atom. The fourth-order valence-electron chi connectivity index (χ4n) is 1.45. The highest BCUT2D eigenvalue weighted by Gasteiger charge is 2.11. The minimum absolute atomic E-state index is 0.0671. The van der Waals surface area contributed by atoms with E-state index in [0.717, 1.165) is 5.56 Å². The van der Waals surface area contributed by atoms with Gasteiger partial charge in [0.05, 0.1) is 11.6 Å². The Morgan fingerprint density at radius 1 is 1.56 bits per heavy atom. The van der Waals surface area contributed by atoms with Gasteiger partial charge in [-0.05, 0) is 31.5 Å². The summed E-state index contributed by atoms with van der Waals surface area (Å²) in [4.78, 5) is 10.9. The molecule has 0 heterocycles. The van der Waals surface area contributed by atoms with Crippen LogP contribution in [0.3, 0.4) is 0 Å². The largest absolute Gasteiger partial charge is 0.492 e. The number of rotatable bonds is 5. The molecule has 0 saturated carbocycles. The highest BCUT2D eigenvalue weighted by atomic mass is 35.5. The van der Waals surface area contributed by atoms with Gasteiger partial charge >= 0.3 is 0 Å². The van der Waals surface area contributed by atoms with Gasteiger partial charge in [-0.1, -0.05) is 17.7 Å². The van der Waals surface area contributed by atoms with Gasteiger partial charge in [-0.3, -0.25) is 4.79 Å². The molecule has 1 aromatic rings. The van der Waals surface area contributed by atoms with E-state index >= 15 is 0 Å². The molecule has 4 heteroatoms. The first-order valence-corrected chi connectivity index (χ1v) is 5.59. The summed E-state index contributed by atoms with van der Waals surface area (Å²) in [5.41, 5.74) is 6.72. The van der Waals surface area contributed by atoms with Crippen molar-refractivity contribution in [2.24, 2.45) is 5.73 Å². The normalized spacial score (nSPS) is 12.2. The van der Waals surface area contributed by atoms with Crippen LogP contribution in [-0.4, -0.2) is 12.4 Å². The molecular weight excluding hydrogens is 226 g/mol. The average molecular weight is 242 g/mol. The van der Waals surface area contributed by atoms with Crippen molar-refractivity contribution in [3.63, 3.8) is 0 Å². The Kier molecular flexibility index (Phi) is 4.77. The van der Waals surface area contributed by atoms with Gasteiger partial charge in [-0.25, -0.2) is 0 Å². The van der Waals surface area contributed by atoms with Gasteiger partial charge < -0.3 is 10.5 Å². The maximum atomic E-state index is 10.9. The topological polar surface area (TPSA) is 52.3 Å². The van der Waals surface area contributed by atoms with Crippen molar-refractivity contribution in [3.8, 4) is 5.75 Å². The first-order chi connectivity index (χ1) is 7.54. The molecule has 2 N–H and O–H groups in total. The summed E-state index contributed by atoms with van der Waals surface area (Å²) in [6, 6.07) is 5.07. The first-order valence-electron chi connectivity index (χ1n) is 5.21. The Morgan fingerprint density at radius 2 is 2.25 bits per heavy atom. The molecule has 0 fully saturated rings. The molecule has 0 bridgehead atoms. The molecule has 1 aromatic carbocycles. The Hall–Kier alpha value is -1.06. The lowest BCUT2D eigenvalue weighted by molar-refractivity contribution is -0.117. The lowest BCUT2D eigenvalue weighted by atomic mass is 10.0. The lowest BCUT2D eigenvalue weighted by Crippen LogP contribution is -2.13. The van der Waals surface area contributed by atoms with Gasteiger partial charge in [0.15, 0.2) is 0 Å². The van der Waals surface area contributed by atoms with E-state index in [-0.39, 0.29) is 11.8 Å². The van der Waals surface area contributed by atoms with Crippen LogP contribution >= 0.6 is 11.6 Å². The fourth-order valence-corrected chi connectivity index (χ4v) is 1.69. The molecule has 1 atom stereocenters. The second kappa shape index (κ2) is 5.87. The van der Waals surface area contributed by atoms with Crippen LogP contribution in [0.15, 0.2) is 18.2 Å². The fraction of sp³-hybridized carbons (Fsp3) is 0.417. The Labute approximate surface area is 101 Å². The highest BCUT2D eigenvalue weighted by molar-refractivity contribution is 6.32. The van der Waals surface area contributed by atoms with E-state index in [0.29, 0.717) is 23.8 Å². The van der Waals surface area contributed by atoms with E-state index in [1.165, 1.54) is 6.92 Å². The third kappa shape index (κ3) is 3.51. The summed E-state index contributed by atoms with van der Waals surface area (Å²) in [7, 11) is 0. The van der Waals surface area contributed by atoms with Crippen LogP contribution in [0.2, 0.25) is 5.02 Å². The van der Waals surface area contributed by atoms with Gasteiger partial charge in [-0.15, -0.1) is 0 Å². The number of ketones is 1. The zero-order valence-electron chi connectivity index (χ0n) is 9.50. The summed E-state index contributed by atoms with van der Waals surface area (Å²) >= 11 is 6.02. The maximum Gasteiger partial charge on any atom is 0.137 e. The third-order valence-electron chi connectivity index (χ3n) is 2.19. The van der Waals surface area contributed by atoms with Crippen molar-refractivity contribution in [3.05, 3.63) is 28.8 Å². The number of carbonyl (C=O) groups is 1. The van der Waals surface area contributed by atoms with Gasteiger partial charge in [-0.2, -0.15) is 0 Å². The molecule has 0 aliphatic heterocycles. The van der Waals surface area contributed by atoms with E-state index < -0.39 is 0 Å². The highest BCUT2D eigenvalue weighted by Crippen LogP contribution is 2.28. The summed E-state index contributed by atoms with van der Waals surface area (Å²) in [6.45, 7) is 3.99. The van der Waals surface area contributed by atoms with Crippen molar-refractivity contribution in [1.29, 1.82) is 0 Å². The molecule has 0 aliphatic carbocycles. The van der Waals surface area contributed by atoms with Crippen LogP contribution in [0.5, 0.6) is 5.75 Å². The molecule has 0 aliphatic rings. The summed E-state index contributed by atoms with van der Waals surface area (Å²) in [5, 5.41) is 0.526. The van der Waals surface area contributed by atoms with E-state index in [1.807, 2.05) is 13.0 Å². The van der Waals surface area contributed by atoms with Crippen LogP contribution < -0.4 is 10.5 Å². The molecule has 0 amide bonds. The number of benzene rings is 1. The maximum absolute atomic E-state index is 10.9. The lowest BCUT2D eigenvalue weighted by Gasteiger charge is -2.12. The van der Waals surface area contributed by atoms with Crippen LogP contribution in [0.4, 0.5) is 0 Å². The Bertz CT molecular complexity index is 379. The standard InChI is InChI=1S/C12H16ClNO2/c1-3-16-12-5-4-9(7-10(12)13)11(14)6-8(2)15/h4-5,7,11H,3,6,14H2,1-2H3. The molecule has 1 rings (SSSR count). The molecule has 88 valence electrons. The van der Waals surface area contributed by atoms with Crippen molar-refractivity contribution in [2.45, 2.75) is 26.3 Å². The number of halogens is 1. The van der Waals surface area contributed by atoms with E-state index in [9.17, 15) is 4.79 Å². The number of nitrogens with two attached hydrogens (primary N) is 1. The average Bonchev–Trinajstić information content (AvgIpc) is 2.20. The predicted octanol–water partition coefficient (Wildman–Crippen LogP) is 2.72. The van der Waals surface area contributed by atoms with Crippen LogP contribution in [0.25, 0.3) is 0 Å². The van der Waals surface area contributed by atoms with Crippen molar-refractivity contribution in [2.75, 3.05) is 6.61 Å². The molecular formula is C12H16ClNO2. The van der Waals surface area contributed by atoms with Crippen LogP contribution in [0.1, 0.15) is 31.9 Å². The van der Waals surface area contributed by atoms with Gasteiger partial charge in [0.2, 0.25) is 0 Å². The zero-order valence-corrected chi connectivity index (χ0v) is 10.3.